The highest BCUT2D eigenvalue weighted by Crippen LogP contribution is 2.17. The summed E-state index contributed by atoms with van der Waals surface area (Å²) in [6.45, 7) is 7.17. The minimum absolute atomic E-state index is 0.114. The van der Waals surface area contributed by atoms with Crippen LogP contribution in [0, 0.1) is 5.82 Å². The Morgan fingerprint density at radius 1 is 1.11 bits per heavy atom. The first-order chi connectivity index (χ1) is 9.29. The summed E-state index contributed by atoms with van der Waals surface area (Å²) in [5, 5.41) is 3.24. The molecule has 1 rings (SSSR count). The lowest BCUT2D eigenvalue weighted by atomic mass is 10.1. The van der Waals surface area contributed by atoms with Gasteiger partial charge in [0.2, 0.25) is 0 Å². The van der Waals surface area contributed by atoms with E-state index in [9.17, 15) is 4.39 Å². The highest BCUT2D eigenvalue weighted by Gasteiger charge is 2.14. The molecule has 0 aliphatic rings. The van der Waals surface area contributed by atoms with Gasteiger partial charge in [0.25, 0.3) is 0 Å². The number of nitrogens with one attached hydrogen (secondary N) is 1. The van der Waals surface area contributed by atoms with Crippen LogP contribution in [0.5, 0.6) is 0 Å². The summed E-state index contributed by atoms with van der Waals surface area (Å²) in [6.07, 6.45) is 1.01. The third-order valence-corrected chi connectivity index (χ3v) is 2.74. The molecule has 0 radical (unpaired) electrons. The zero-order valence-electron chi connectivity index (χ0n) is 11.8. The number of ether oxygens (including phenoxy) is 2. The van der Waals surface area contributed by atoms with Gasteiger partial charge in [-0.3, -0.25) is 0 Å². The molecule has 1 unspecified atom stereocenters. The molecule has 0 saturated carbocycles. The average molecular weight is 269 g/mol. The van der Waals surface area contributed by atoms with E-state index >= 15 is 0 Å². The zero-order chi connectivity index (χ0) is 13.9. The minimum atomic E-state index is -0.195. The Bertz CT molecular complexity index is 347. The quantitative estimate of drug-likeness (QED) is 0.662. The maximum Gasteiger partial charge on any atom is 0.128 e. The molecule has 0 saturated heterocycles. The van der Waals surface area contributed by atoms with E-state index in [-0.39, 0.29) is 11.9 Å². The van der Waals surface area contributed by atoms with Gasteiger partial charge >= 0.3 is 0 Å². The van der Waals surface area contributed by atoms with Gasteiger partial charge in [-0.05, 0) is 19.0 Å². The zero-order valence-corrected chi connectivity index (χ0v) is 11.8. The Morgan fingerprint density at radius 3 is 2.53 bits per heavy atom. The lowest BCUT2D eigenvalue weighted by Crippen LogP contribution is -2.27. The summed E-state index contributed by atoms with van der Waals surface area (Å²) in [5.74, 6) is -0.195. The topological polar surface area (TPSA) is 30.5 Å². The second kappa shape index (κ2) is 9.89. The highest BCUT2D eigenvalue weighted by molar-refractivity contribution is 5.21. The number of halogens is 1. The third-order valence-electron chi connectivity index (χ3n) is 2.74. The van der Waals surface area contributed by atoms with Gasteiger partial charge in [-0.15, -0.1) is 0 Å². The van der Waals surface area contributed by atoms with Crippen molar-refractivity contribution in [2.45, 2.75) is 26.3 Å². The molecule has 1 aromatic rings. The van der Waals surface area contributed by atoms with Gasteiger partial charge in [0.1, 0.15) is 5.82 Å². The summed E-state index contributed by atoms with van der Waals surface area (Å²) < 4.78 is 24.6. The van der Waals surface area contributed by atoms with Gasteiger partial charge in [0, 0.05) is 12.2 Å². The standard InChI is InChI=1S/C15H24FNO2/c1-3-9-18-10-11-19-12-15(17-4-2)13-7-5-6-8-14(13)16/h5-8,15,17H,3-4,9-12H2,1-2H3. The van der Waals surface area contributed by atoms with E-state index in [1.165, 1.54) is 6.07 Å². The lowest BCUT2D eigenvalue weighted by molar-refractivity contribution is 0.0390. The molecule has 0 amide bonds. The van der Waals surface area contributed by atoms with Crippen LogP contribution in [0.1, 0.15) is 31.9 Å². The van der Waals surface area contributed by atoms with E-state index in [0.717, 1.165) is 19.6 Å². The van der Waals surface area contributed by atoms with Crippen LogP contribution < -0.4 is 5.32 Å². The van der Waals surface area contributed by atoms with E-state index in [1.807, 2.05) is 13.0 Å². The minimum Gasteiger partial charge on any atom is -0.379 e. The summed E-state index contributed by atoms with van der Waals surface area (Å²) >= 11 is 0. The maximum atomic E-state index is 13.7. The molecule has 4 heteroatoms. The Labute approximate surface area is 115 Å². The molecule has 0 spiro atoms. The summed E-state index contributed by atoms with van der Waals surface area (Å²) in [5.41, 5.74) is 0.652. The van der Waals surface area contributed by atoms with Gasteiger partial charge in [0.15, 0.2) is 0 Å². The molecule has 0 aliphatic heterocycles. The van der Waals surface area contributed by atoms with Crippen molar-refractivity contribution in [3.05, 3.63) is 35.6 Å². The first kappa shape index (κ1) is 16.1. The summed E-state index contributed by atoms with van der Waals surface area (Å²) in [4.78, 5) is 0. The van der Waals surface area contributed by atoms with E-state index in [0.29, 0.717) is 25.4 Å². The molecular weight excluding hydrogens is 245 g/mol. The van der Waals surface area contributed by atoms with Crippen LogP contribution in [0.25, 0.3) is 0 Å². The first-order valence-corrected chi connectivity index (χ1v) is 6.92. The summed E-state index contributed by atoms with van der Waals surface area (Å²) in [7, 11) is 0. The monoisotopic (exact) mass is 269 g/mol. The van der Waals surface area contributed by atoms with Crippen molar-refractivity contribution in [3.8, 4) is 0 Å². The molecule has 3 nitrogen and oxygen atoms in total. The molecule has 19 heavy (non-hydrogen) atoms. The first-order valence-electron chi connectivity index (χ1n) is 6.92. The fraction of sp³-hybridized carbons (Fsp3) is 0.600. The smallest absolute Gasteiger partial charge is 0.128 e. The predicted octanol–water partition coefficient (Wildman–Crippen LogP) is 2.92. The normalized spacial score (nSPS) is 12.6. The van der Waals surface area contributed by atoms with Gasteiger partial charge in [-0.1, -0.05) is 32.0 Å². The maximum absolute atomic E-state index is 13.7. The SMILES string of the molecule is CCCOCCOCC(NCC)c1ccccc1F. The number of hydrogen-bond donors (Lipinski definition) is 1. The molecule has 0 heterocycles. The van der Waals surface area contributed by atoms with Crippen LogP contribution in [0.3, 0.4) is 0 Å². The van der Waals surface area contributed by atoms with E-state index < -0.39 is 0 Å². The van der Waals surface area contributed by atoms with Crippen LogP contribution in [0.15, 0.2) is 24.3 Å². The molecule has 0 aromatic heterocycles. The van der Waals surface area contributed by atoms with Gasteiger partial charge in [0.05, 0.1) is 25.9 Å². The van der Waals surface area contributed by atoms with Crippen molar-refractivity contribution >= 4 is 0 Å². The van der Waals surface area contributed by atoms with Crippen molar-refractivity contribution in [2.24, 2.45) is 0 Å². The number of hydrogen-bond acceptors (Lipinski definition) is 3. The molecule has 1 atom stereocenters. The molecule has 1 N–H and O–H groups in total. The lowest BCUT2D eigenvalue weighted by Gasteiger charge is -2.19. The highest BCUT2D eigenvalue weighted by atomic mass is 19.1. The fourth-order valence-electron chi connectivity index (χ4n) is 1.83. The molecule has 0 aliphatic carbocycles. The third kappa shape index (κ3) is 6.14. The fourth-order valence-corrected chi connectivity index (χ4v) is 1.83. The van der Waals surface area contributed by atoms with E-state index in [1.54, 1.807) is 12.1 Å². The molecule has 1 aromatic carbocycles. The molecule has 0 fully saturated rings. The molecule has 108 valence electrons. The van der Waals surface area contributed by atoms with E-state index in [2.05, 4.69) is 12.2 Å². The van der Waals surface area contributed by atoms with Crippen LogP contribution in [-0.4, -0.2) is 33.0 Å². The second-order valence-corrected chi connectivity index (χ2v) is 4.32. The average Bonchev–Trinajstić information content (AvgIpc) is 2.42. The second-order valence-electron chi connectivity index (χ2n) is 4.32. The predicted molar refractivity (Wildman–Crippen MR) is 74.7 cm³/mol. The largest absolute Gasteiger partial charge is 0.379 e. The van der Waals surface area contributed by atoms with Crippen molar-refractivity contribution < 1.29 is 13.9 Å². The van der Waals surface area contributed by atoms with Gasteiger partial charge < -0.3 is 14.8 Å². The Balaban J connectivity index is 2.39. The van der Waals surface area contributed by atoms with Gasteiger partial charge in [-0.25, -0.2) is 4.39 Å². The van der Waals surface area contributed by atoms with Crippen molar-refractivity contribution in [1.82, 2.24) is 5.32 Å². The van der Waals surface area contributed by atoms with Crippen molar-refractivity contribution in [2.75, 3.05) is 33.0 Å². The van der Waals surface area contributed by atoms with Gasteiger partial charge in [-0.2, -0.15) is 0 Å². The Hall–Kier alpha value is -0.970. The van der Waals surface area contributed by atoms with Crippen LogP contribution in [0.2, 0.25) is 0 Å². The number of rotatable bonds is 10. The Kier molecular flexibility index (Phi) is 8.38. The van der Waals surface area contributed by atoms with Crippen molar-refractivity contribution in [1.29, 1.82) is 0 Å². The van der Waals surface area contributed by atoms with Crippen LogP contribution in [0.4, 0.5) is 4.39 Å². The van der Waals surface area contributed by atoms with Crippen LogP contribution >= 0.6 is 0 Å². The number of benzene rings is 1. The van der Waals surface area contributed by atoms with Crippen LogP contribution in [-0.2, 0) is 9.47 Å². The van der Waals surface area contributed by atoms with E-state index in [4.69, 9.17) is 9.47 Å². The van der Waals surface area contributed by atoms with Crippen molar-refractivity contribution in [3.63, 3.8) is 0 Å². The molecule has 0 bridgehead atoms. The Morgan fingerprint density at radius 2 is 1.84 bits per heavy atom. The summed E-state index contributed by atoms with van der Waals surface area (Å²) in [6, 6.07) is 6.69. The molecular formula is C15H24FNO2. The number of likely N-dealkylation sites (N-methyl/N-ethyl adjacent to an activating group) is 1.